The Labute approximate surface area is 119 Å². The Morgan fingerprint density at radius 3 is 2.60 bits per heavy atom. The van der Waals surface area contributed by atoms with Crippen molar-refractivity contribution in [3.63, 3.8) is 0 Å². The van der Waals surface area contributed by atoms with Crippen molar-refractivity contribution in [3.05, 3.63) is 41.3 Å². The van der Waals surface area contributed by atoms with Crippen LogP contribution in [0.15, 0.2) is 24.3 Å². The van der Waals surface area contributed by atoms with Gasteiger partial charge in [0.05, 0.1) is 0 Å². The summed E-state index contributed by atoms with van der Waals surface area (Å²) in [5.74, 6) is 1.15. The minimum atomic E-state index is -0.226. The number of nitrogens with zero attached hydrogens (tertiary/aromatic N) is 2. The van der Waals surface area contributed by atoms with Gasteiger partial charge in [-0.3, -0.25) is 0 Å². The van der Waals surface area contributed by atoms with E-state index in [4.69, 9.17) is 0 Å². The van der Waals surface area contributed by atoms with Crippen molar-refractivity contribution in [1.29, 1.82) is 0 Å². The number of hydrogen-bond acceptors (Lipinski definition) is 3. The molecule has 3 nitrogen and oxygen atoms in total. The highest BCUT2D eigenvalue weighted by Gasteiger charge is 2.08. The van der Waals surface area contributed by atoms with Gasteiger partial charge in [0, 0.05) is 23.9 Å². The molecule has 1 aromatic carbocycles. The fraction of sp³-hybridized carbons (Fsp3) is 0.375. The summed E-state index contributed by atoms with van der Waals surface area (Å²) in [5, 5.41) is 3.26. The first-order chi connectivity index (χ1) is 9.63. The number of anilines is 1. The molecule has 0 unspecified atom stereocenters. The van der Waals surface area contributed by atoms with Gasteiger partial charge in [-0.1, -0.05) is 26.0 Å². The van der Waals surface area contributed by atoms with Crippen LogP contribution in [0.25, 0.3) is 11.4 Å². The molecule has 0 spiro atoms. The highest BCUT2D eigenvalue weighted by molar-refractivity contribution is 5.58. The lowest BCUT2D eigenvalue weighted by molar-refractivity contribution is 0.619. The molecular formula is C16H20FN3. The Bertz CT molecular complexity index is 596. The highest BCUT2D eigenvalue weighted by atomic mass is 19.1. The Hall–Kier alpha value is -1.97. The number of benzene rings is 1. The lowest BCUT2D eigenvalue weighted by atomic mass is 10.1. The van der Waals surface area contributed by atoms with Gasteiger partial charge in [0.1, 0.15) is 11.6 Å². The summed E-state index contributed by atoms with van der Waals surface area (Å²) in [7, 11) is 0. The lowest BCUT2D eigenvalue weighted by Crippen LogP contribution is -2.05. The Morgan fingerprint density at radius 2 is 1.95 bits per heavy atom. The van der Waals surface area contributed by atoms with Crippen LogP contribution in [0.2, 0.25) is 0 Å². The summed E-state index contributed by atoms with van der Waals surface area (Å²) in [6, 6.07) is 7.06. The SMILES string of the molecule is CCCNc1cc(CC)nc(-c2ccc(C)c(F)c2)n1. The first-order valence-corrected chi connectivity index (χ1v) is 7.02. The predicted octanol–water partition coefficient (Wildman–Crippen LogP) is 3.98. The van der Waals surface area contributed by atoms with Crippen LogP contribution in [0.1, 0.15) is 31.5 Å². The van der Waals surface area contributed by atoms with Crippen LogP contribution in [0.4, 0.5) is 10.2 Å². The van der Waals surface area contributed by atoms with Gasteiger partial charge < -0.3 is 5.32 Å². The van der Waals surface area contributed by atoms with Gasteiger partial charge >= 0.3 is 0 Å². The molecule has 20 heavy (non-hydrogen) atoms. The van der Waals surface area contributed by atoms with Crippen molar-refractivity contribution in [2.75, 3.05) is 11.9 Å². The van der Waals surface area contributed by atoms with Crippen LogP contribution >= 0.6 is 0 Å². The summed E-state index contributed by atoms with van der Waals surface area (Å²) in [5.41, 5.74) is 2.29. The van der Waals surface area contributed by atoms with Gasteiger partial charge in [-0.25, -0.2) is 14.4 Å². The fourth-order valence-electron chi connectivity index (χ4n) is 1.88. The third-order valence-electron chi connectivity index (χ3n) is 3.13. The molecule has 0 amide bonds. The minimum Gasteiger partial charge on any atom is -0.370 e. The standard InChI is InChI=1S/C16H20FN3/c1-4-8-18-15-10-13(5-2)19-16(20-15)12-7-6-11(3)14(17)9-12/h6-7,9-10H,4-5,8H2,1-3H3,(H,18,19,20). The number of hydrogen-bond donors (Lipinski definition) is 1. The molecule has 2 aromatic rings. The first kappa shape index (κ1) is 14.4. The van der Waals surface area contributed by atoms with E-state index < -0.39 is 0 Å². The second-order valence-electron chi connectivity index (χ2n) is 4.81. The average Bonchev–Trinajstić information content (AvgIpc) is 2.47. The summed E-state index contributed by atoms with van der Waals surface area (Å²) < 4.78 is 13.7. The van der Waals surface area contributed by atoms with E-state index in [0.717, 1.165) is 30.9 Å². The van der Waals surface area contributed by atoms with Gasteiger partial charge in [0.25, 0.3) is 0 Å². The summed E-state index contributed by atoms with van der Waals surface area (Å²) in [4.78, 5) is 8.95. The van der Waals surface area contributed by atoms with E-state index >= 15 is 0 Å². The molecule has 1 heterocycles. The van der Waals surface area contributed by atoms with Gasteiger partial charge in [-0.15, -0.1) is 0 Å². The zero-order chi connectivity index (χ0) is 14.5. The maximum absolute atomic E-state index is 13.7. The van der Waals surface area contributed by atoms with Crippen molar-refractivity contribution in [1.82, 2.24) is 9.97 Å². The van der Waals surface area contributed by atoms with Crippen LogP contribution in [-0.2, 0) is 6.42 Å². The summed E-state index contributed by atoms with van der Waals surface area (Å²) in [6.45, 7) is 6.76. The second-order valence-corrected chi connectivity index (χ2v) is 4.81. The van der Waals surface area contributed by atoms with Crippen LogP contribution < -0.4 is 5.32 Å². The molecule has 0 aliphatic rings. The smallest absolute Gasteiger partial charge is 0.161 e. The first-order valence-electron chi connectivity index (χ1n) is 7.02. The molecule has 2 rings (SSSR count). The van der Waals surface area contributed by atoms with Gasteiger partial charge in [0.15, 0.2) is 5.82 Å². The molecular weight excluding hydrogens is 253 g/mol. The molecule has 0 aliphatic heterocycles. The van der Waals surface area contributed by atoms with E-state index in [-0.39, 0.29) is 5.82 Å². The van der Waals surface area contributed by atoms with Crippen LogP contribution in [0.3, 0.4) is 0 Å². The molecule has 0 fully saturated rings. The minimum absolute atomic E-state index is 0.226. The maximum Gasteiger partial charge on any atom is 0.161 e. The lowest BCUT2D eigenvalue weighted by Gasteiger charge is -2.09. The second kappa shape index (κ2) is 6.46. The van der Waals surface area contributed by atoms with Crippen LogP contribution in [0.5, 0.6) is 0 Å². The fourth-order valence-corrected chi connectivity index (χ4v) is 1.88. The van der Waals surface area contributed by atoms with E-state index in [1.807, 2.05) is 19.1 Å². The predicted molar refractivity (Wildman–Crippen MR) is 80.3 cm³/mol. The molecule has 0 aliphatic carbocycles. The topological polar surface area (TPSA) is 37.8 Å². The number of aromatic nitrogens is 2. The van der Waals surface area contributed by atoms with E-state index in [9.17, 15) is 4.39 Å². The normalized spacial score (nSPS) is 10.6. The van der Waals surface area contributed by atoms with E-state index in [1.54, 1.807) is 13.0 Å². The molecule has 4 heteroatoms. The third-order valence-corrected chi connectivity index (χ3v) is 3.13. The number of halogens is 1. The quantitative estimate of drug-likeness (QED) is 0.895. The van der Waals surface area contributed by atoms with E-state index in [2.05, 4.69) is 22.2 Å². The molecule has 1 aromatic heterocycles. The molecule has 0 bridgehead atoms. The third kappa shape index (κ3) is 3.32. The molecule has 1 N–H and O–H groups in total. The van der Waals surface area contributed by atoms with E-state index in [1.165, 1.54) is 6.07 Å². The molecule has 0 saturated heterocycles. The summed E-state index contributed by atoms with van der Waals surface area (Å²) in [6.07, 6.45) is 1.85. The number of aryl methyl sites for hydroxylation is 2. The zero-order valence-corrected chi connectivity index (χ0v) is 12.2. The van der Waals surface area contributed by atoms with Crippen molar-refractivity contribution < 1.29 is 4.39 Å². The highest BCUT2D eigenvalue weighted by Crippen LogP contribution is 2.21. The average molecular weight is 273 g/mol. The molecule has 106 valence electrons. The van der Waals surface area contributed by atoms with Crippen molar-refractivity contribution in [3.8, 4) is 11.4 Å². The van der Waals surface area contributed by atoms with E-state index in [0.29, 0.717) is 17.0 Å². The zero-order valence-electron chi connectivity index (χ0n) is 12.2. The number of rotatable bonds is 5. The van der Waals surface area contributed by atoms with Crippen molar-refractivity contribution in [2.24, 2.45) is 0 Å². The molecule has 0 saturated carbocycles. The Balaban J connectivity index is 2.41. The van der Waals surface area contributed by atoms with Crippen LogP contribution in [-0.4, -0.2) is 16.5 Å². The van der Waals surface area contributed by atoms with Crippen LogP contribution in [0, 0.1) is 12.7 Å². The maximum atomic E-state index is 13.7. The molecule has 0 atom stereocenters. The monoisotopic (exact) mass is 273 g/mol. The number of nitrogens with one attached hydrogen (secondary N) is 1. The van der Waals surface area contributed by atoms with Crippen molar-refractivity contribution >= 4 is 5.82 Å². The van der Waals surface area contributed by atoms with Gasteiger partial charge in [-0.05, 0) is 31.4 Å². The summed E-state index contributed by atoms with van der Waals surface area (Å²) >= 11 is 0. The Morgan fingerprint density at radius 1 is 1.15 bits per heavy atom. The van der Waals surface area contributed by atoms with Crippen molar-refractivity contribution in [2.45, 2.75) is 33.6 Å². The Kier molecular flexibility index (Phi) is 4.66. The largest absolute Gasteiger partial charge is 0.370 e. The van der Waals surface area contributed by atoms with Gasteiger partial charge in [0.2, 0.25) is 0 Å². The van der Waals surface area contributed by atoms with Gasteiger partial charge in [-0.2, -0.15) is 0 Å². The molecule has 0 radical (unpaired) electrons.